The Bertz CT molecular complexity index is 376. The fourth-order valence-electron chi connectivity index (χ4n) is 1.28. The first kappa shape index (κ1) is 11.7. The lowest BCUT2D eigenvalue weighted by Crippen LogP contribution is -2.00. The number of hydrogen-bond acceptors (Lipinski definition) is 3. The highest BCUT2D eigenvalue weighted by Crippen LogP contribution is 2.35. The van der Waals surface area contributed by atoms with Crippen molar-refractivity contribution in [2.24, 2.45) is 0 Å². The van der Waals surface area contributed by atoms with Gasteiger partial charge in [-0.15, -0.1) is 0 Å². The molecule has 0 unspecified atom stereocenters. The highest BCUT2D eigenvalue weighted by Gasteiger charge is 2.13. The summed E-state index contributed by atoms with van der Waals surface area (Å²) >= 11 is 5.88. The van der Waals surface area contributed by atoms with Gasteiger partial charge in [0.2, 0.25) is 0 Å². The second-order valence-corrected chi connectivity index (χ2v) is 3.38. The molecule has 0 amide bonds. The average molecular weight is 231 g/mol. The van der Waals surface area contributed by atoms with Crippen molar-refractivity contribution in [1.29, 1.82) is 0 Å². The molecule has 0 aliphatic rings. The predicted octanol–water partition coefficient (Wildman–Crippen LogP) is 2.07. The van der Waals surface area contributed by atoms with E-state index in [-0.39, 0.29) is 24.3 Å². The lowest BCUT2D eigenvalue weighted by atomic mass is 10.1. The third-order valence-electron chi connectivity index (χ3n) is 1.98. The third-order valence-corrected chi connectivity index (χ3v) is 2.33. The van der Waals surface area contributed by atoms with Gasteiger partial charge in [-0.25, -0.2) is 0 Å². The maximum Gasteiger partial charge on any atom is 0.303 e. The number of aromatic hydroxyl groups is 1. The van der Waals surface area contributed by atoms with E-state index < -0.39 is 5.97 Å². The molecule has 1 aromatic carbocycles. The topological polar surface area (TPSA) is 66.8 Å². The Balaban J connectivity index is 3.02. The summed E-state index contributed by atoms with van der Waals surface area (Å²) in [5, 5.41) is 18.4. The van der Waals surface area contributed by atoms with Gasteiger partial charge in [0.25, 0.3) is 0 Å². The summed E-state index contributed by atoms with van der Waals surface area (Å²) in [5.41, 5.74) is 0.515. The van der Waals surface area contributed by atoms with Crippen LogP contribution in [-0.2, 0) is 11.2 Å². The minimum Gasteiger partial charge on any atom is -0.504 e. The Morgan fingerprint density at radius 3 is 2.73 bits per heavy atom. The first-order chi connectivity index (χ1) is 7.06. The number of phenolic OH excluding ortho intramolecular Hbond substituents is 1. The molecule has 0 saturated carbocycles. The number of ether oxygens (including phenoxy) is 1. The highest BCUT2D eigenvalue weighted by atomic mass is 35.5. The zero-order valence-electron chi connectivity index (χ0n) is 8.16. The van der Waals surface area contributed by atoms with Crippen molar-refractivity contribution >= 4 is 17.6 Å². The molecule has 0 aromatic heterocycles. The van der Waals surface area contributed by atoms with E-state index in [4.69, 9.17) is 21.4 Å². The molecule has 0 heterocycles. The number of aliphatic carboxylic acids is 1. The van der Waals surface area contributed by atoms with Crippen LogP contribution in [0.5, 0.6) is 11.5 Å². The van der Waals surface area contributed by atoms with E-state index in [2.05, 4.69) is 0 Å². The molecule has 0 aliphatic carbocycles. The number of hydrogen-bond donors (Lipinski definition) is 2. The number of carbonyl (C=O) groups is 1. The summed E-state index contributed by atoms with van der Waals surface area (Å²) in [7, 11) is 1.40. The molecule has 82 valence electrons. The van der Waals surface area contributed by atoms with Crippen molar-refractivity contribution in [2.75, 3.05) is 7.11 Å². The van der Waals surface area contributed by atoms with Gasteiger partial charge in [0.1, 0.15) is 0 Å². The summed E-state index contributed by atoms with van der Waals surface area (Å²) in [6.45, 7) is 0. The minimum atomic E-state index is -0.920. The van der Waals surface area contributed by atoms with Crippen LogP contribution in [0, 0.1) is 0 Å². The minimum absolute atomic E-state index is 0.0395. The van der Waals surface area contributed by atoms with Gasteiger partial charge >= 0.3 is 5.97 Å². The van der Waals surface area contributed by atoms with E-state index in [9.17, 15) is 9.90 Å². The van der Waals surface area contributed by atoms with Crippen molar-refractivity contribution in [1.82, 2.24) is 0 Å². The molecule has 1 rings (SSSR count). The first-order valence-electron chi connectivity index (χ1n) is 4.32. The van der Waals surface area contributed by atoms with Crippen molar-refractivity contribution in [3.63, 3.8) is 0 Å². The molecule has 0 bridgehead atoms. The van der Waals surface area contributed by atoms with E-state index in [1.165, 1.54) is 19.2 Å². The van der Waals surface area contributed by atoms with E-state index >= 15 is 0 Å². The van der Waals surface area contributed by atoms with Gasteiger partial charge in [-0.3, -0.25) is 4.79 Å². The van der Waals surface area contributed by atoms with Crippen LogP contribution in [0.2, 0.25) is 5.02 Å². The quantitative estimate of drug-likeness (QED) is 0.831. The van der Waals surface area contributed by atoms with Crippen LogP contribution < -0.4 is 4.74 Å². The maximum absolute atomic E-state index is 10.4. The molecular formula is C10H11ClO4. The fourth-order valence-corrected chi connectivity index (χ4v) is 1.53. The van der Waals surface area contributed by atoms with E-state index in [0.29, 0.717) is 10.6 Å². The smallest absolute Gasteiger partial charge is 0.303 e. The molecule has 1 aromatic rings. The number of carboxylic acid groups (broad SMARTS) is 1. The summed E-state index contributed by atoms with van der Waals surface area (Å²) < 4.78 is 4.96. The van der Waals surface area contributed by atoms with Crippen LogP contribution in [0.25, 0.3) is 0 Å². The second kappa shape index (κ2) is 4.89. The van der Waals surface area contributed by atoms with Gasteiger partial charge in [0.15, 0.2) is 11.5 Å². The molecule has 15 heavy (non-hydrogen) atoms. The highest BCUT2D eigenvalue weighted by molar-refractivity contribution is 6.31. The molecule has 0 fully saturated rings. The summed E-state index contributed by atoms with van der Waals surface area (Å²) in [6.07, 6.45) is 0.172. The van der Waals surface area contributed by atoms with Crippen LogP contribution in [0.1, 0.15) is 12.0 Å². The van der Waals surface area contributed by atoms with Gasteiger partial charge in [0.05, 0.1) is 7.11 Å². The van der Waals surface area contributed by atoms with E-state index in [1.54, 1.807) is 0 Å². The van der Waals surface area contributed by atoms with Gasteiger partial charge < -0.3 is 14.9 Å². The normalized spacial score (nSPS) is 10.0. The van der Waals surface area contributed by atoms with Crippen LogP contribution in [0.4, 0.5) is 0 Å². The Hall–Kier alpha value is -1.42. The lowest BCUT2D eigenvalue weighted by molar-refractivity contribution is -0.136. The molecule has 0 radical (unpaired) electrons. The molecule has 0 saturated heterocycles. The van der Waals surface area contributed by atoms with Crippen LogP contribution in [0.15, 0.2) is 12.1 Å². The Morgan fingerprint density at radius 1 is 1.53 bits per heavy atom. The van der Waals surface area contributed by atoms with E-state index in [0.717, 1.165) is 0 Å². The molecule has 2 N–H and O–H groups in total. The number of phenols is 1. The lowest BCUT2D eigenvalue weighted by Gasteiger charge is -2.10. The number of carboxylic acids is 1. The van der Waals surface area contributed by atoms with Gasteiger partial charge in [-0.05, 0) is 18.6 Å². The molecule has 4 nitrogen and oxygen atoms in total. The molecular weight excluding hydrogens is 220 g/mol. The number of methoxy groups -OCH3 is 1. The zero-order valence-corrected chi connectivity index (χ0v) is 8.91. The Morgan fingerprint density at radius 2 is 2.20 bits per heavy atom. The van der Waals surface area contributed by atoms with Crippen molar-refractivity contribution in [3.05, 3.63) is 22.7 Å². The first-order valence-corrected chi connectivity index (χ1v) is 4.70. The largest absolute Gasteiger partial charge is 0.504 e. The molecule has 0 aliphatic heterocycles. The van der Waals surface area contributed by atoms with Gasteiger partial charge in [0, 0.05) is 17.0 Å². The molecule has 0 atom stereocenters. The maximum atomic E-state index is 10.4. The predicted molar refractivity (Wildman–Crippen MR) is 55.6 cm³/mol. The SMILES string of the molecule is COc1c(O)ccc(Cl)c1CCC(=O)O. The van der Waals surface area contributed by atoms with Crippen LogP contribution in [0.3, 0.4) is 0 Å². The number of benzene rings is 1. The average Bonchev–Trinajstić information content (AvgIpc) is 2.19. The summed E-state index contributed by atoms with van der Waals surface area (Å²) in [5.74, 6) is -0.720. The standard InChI is InChI=1S/C10H11ClO4/c1-15-10-6(2-5-9(13)14)7(11)3-4-8(10)12/h3-4,12H,2,5H2,1H3,(H,13,14). The molecule has 5 heteroatoms. The van der Waals surface area contributed by atoms with E-state index in [1.807, 2.05) is 0 Å². The zero-order chi connectivity index (χ0) is 11.4. The summed E-state index contributed by atoms with van der Waals surface area (Å²) in [6, 6.07) is 2.92. The Kier molecular flexibility index (Phi) is 3.80. The Labute approximate surface area is 92.1 Å². The van der Waals surface area contributed by atoms with Crippen molar-refractivity contribution < 1.29 is 19.7 Å². The van der Waals surface area contributed by atoms with Gasteiger partial charge in [-0.1, -0.05) is 11.6 Å². The molecule has 0 spiro atoms. The van der Waals surface area contributed by atoms with Crippen molar-refractivity contribution in [2.45, 2.75) is 12.8 Å². The van der Waals surface area contributed by atoms with Crippen LogP contribution >= 0.6 is 11.6 Å². The monoisotopic (exact) mass is 230 g/mol. The summed E-state index contributed by atoms with van der Waals surface area (Å²) in [4.78, 5) is 10.4. The van der Waals surface area contributed by atoms with Crippen LogP contribution in [-0.4, -0.2) is 23.3 Å². The number of rotatable bonds is 4. The second-order valence-electron chi connectivity index (χ2n) is 2.97. The third kappa shape index (κ3) is 2.76. The van der Waals surface area contributed by atoms with Gasteiger partial charge in [-0.2, -0.15) is 0 Å². The number of halogens is 1. The fraction of sp³-hybridized carbons (Fsp3) is 0.300. The van der Waals surface area contributed by atoms with Crippen molar-refractivity contribution in [3.8, 4) is 11.5 Å².